The molecule has 19 heavy (non-hydrogen) atoms. The molecule has 6 heteroatoms. The number of alkyl halides is 1. The molecule has 0 radical (unpaired) electrons. The van der Waals surface area contributed by atoms with Gasteiger partial charge in [0.2, 0.25) is 5.91 Å². The molecular formula is C13H17ClN2O3. The van der Waals surface area contributed by atoms with E-state index in [0.29, 0.717) is 12.3 Å². The van der Waals surface area contributed by atoms with Crippen molar-refractivity contribution in [1.82, 2.24) is 5.32 Å². The number of carbonyl (C=O) groups is 1. The van der Waals surface area contributed by atoms with E-state index in [0.717, 1.165) is 18.4 Å². The highest BCUT2D eigenvalue weighted by Crippen LogP contribution is 2.19. The molecule has 0 saturated heterocycles. The highest BCUT2D eigenvalue weighted by atomic mass is 35.5. The number of hydrogen-bond acceptors (Lipinski definition) is 3. The molecule has 104 valence electrons. The Morgan fingerprint density at radius 1 is 1.47 bits per heavy atom. The summed E-state index contributed by atoms with van der Waals surface area (Å²) in [6.07, 6.45) is 1.98. The van der Waals surface area contributed by atoms with Gasteiger partial charge in [0.05, 0.1) is 11.0 Å². The number of rotatable bonds is 7. The van der Waals surface area contributed by atoms with Crippen LogP contribution in [-0.4, -0.2) is 16.7 Å². The molecule has 0 spiro atoms. The maximum absolute atomic E-state index is 11.6. The number of hydrogen-bond donors (Lipinski definition) is 1. The van der Waals surface area contributed by atoms with Gasteiger partial charge in [-0.05, 0) is 25.3 Å². The zero-order valence-corrected chi connectivity index (χ0v) is 11.5. The molecule has 1 unspecified atom stereocenters. The van der Waals surface area contributed by atoms with E-state index in [1.54, 1.807) is 19.1 Å². The summed E-state index contributed by atoms with van der Waals surface area (Å²) in [4.78, 5) is 21.9. The second-order valence-electron chi connectivity index (χ2n) is 4.29. The van der Waals surface area contributed by atoms with Crippen molar-refractivity contribution in [3.8, 4) is 0 Å². The Labute approximate surface area is 117 Å². The number of non-ortho nitro benzene ring substituents is 1. The van der Waals surface area contributed by atoms with E-state index in [1.165, 1.54) is 12.1 Å². The molecule has 1 aromatic rings. The average Bonchev–Trinajstić information content (AvgIpc) is 2.39. The van der Waals surface area contributed by atoms with Crippen LogP contribution < -0.4 is 5.32 Å². The van der Waals surface area contributed by atoms with Crippen LogP contribution in [0.15, 0.2) is 24.3 Å². The molecule has 0 aliphatic rings. The number of carbonyl (C=O) groups excluding carboxylic acids is 1. The van der Waals surface area contributed by atoms with Gasteiger partial charge in [-0.1, -0.05) is 12.1 Å². The molecular weight excluding hydrogens is 268 g/mol. The average molecular weight is 285 g/mol. The van der Waals surface area contributed by atoms with Gasteiger partial charge in [-0.15, -0.1) is 11.6 Å². The van der Waals surface area contributed by atoms with E-state index in [-0.39, 0.29) is 17.6 Å². The lowest BCUT2D eigenvalue weighted by Gasteiger charge is -2.14. The van der Waals surface area contributed by atoms with E-state index < -0.39 is 4.92 Å². The van der Waals surface area contributed by atoms with Gasteiger partial charge in [0.15, 0.2) is 0 Å². The molecule has 1 rings (SSSR count). The zero-order valence-electron chi connectivity index (χ0n) is 10.8. The number of halogens is 1. The smallest absolute Gasteiger partial charge is 0.269 e. The third-order valence-corrected chi connectivity index (χ3v) is 3.01. The van der Waals surface area contributed by atoms with Gasteiger partial charge in [-0.3, -0.25) is 14.9 Å². The maximum Gasteiger partial charge on any atom is 0.269 e. The first-order valence-corrected chi connectivity index (χ1v) is 6.67. The number of amides is 1. The third kappa shape index (κ3) is 5.26. The van der Waals surface area contributed by atoms with Crippen molar-refractivity contribution in [1.29, 1.82) is 0 Å². The van der Waals surface area contributed by atoms with Crippen molar-refractivity contribution in [2.75, 3.05) is 5.88 Å². The number of nitro groups is 1. The number of nitro benzene ring substituents is 1. The number of unbranched alkanes of at least 4 members (excludes halogenated alkanes) is 1. The number of nitrogens with one attached hydrogen (secondary N) is 1. The summed E-state index contributed by atoms with van der Waals surface area (Å²) in [7, 11) is 0. The molecule has 0 saturated carbocycles. The number of nitrogens with zero attached hydrogens (tertiary/aromatic N) is 1. The predicted octanol–water partition coefficient (Wildman–Crippen LogP) is 3.18. The Kier molecular flexibility index (Phi) is 6.29. The molecule has 0 aliphatic heterocycles. The van der Waals surface area contributed by atoms with Crippen LogP contribution in [0.2, 0.25) is 0 Å². The van der Waals surface area contributed by atoms with Gasteiger partial charge in [-0.2, -0.15) is 0 Å². The van der Waals surface area contributed by atoms with Gasteiger partial charge in [-0.25, -0.2) is 0 Å². The van der Waals surface area contributed by atoms with Crippen molar-refractivity contribution < 1.29 is 9.72 Å². The maximum atomic E-state index is 11.6. The molecule has 1 atom stereocenters. The fraction of sp³-hybridized carbons (Fsp3) is 0.462. The summed E-state index contributed by atoms with van der Waals surface area (Å²) < 4.78 is 0. The lowest BCUT2D eigenvalue weighted by Crippen LogP contribution is -2.26. The van der Waals surface area contributed by atoms with Gasteiger partial charge >= 0.3 is 0 Å². The quantitative estimate of drug-likeness (QED) is 0.362. The zero-order chi connectivity index (χ0) is 14.3. The third-order valence-electron chi connectivity index (χ3n) is 2.75. The largest absolute Gasteiger partial charge is 0.350 e. The van der Waals surface area contributed by atoms with Crippen LogP contribution in [0.4, 0.5) is 5.69 Å². The van der Waals surface area contributed by atoms with Crippen LogP contribution in [-0.2, 0) is 4.79 Å². The second kappa shape index (κ2) is 7.74. The van der Waals surface area contributed by atoms with E-state index in [1.807, 2.05) is 0 Å². The SMILES string of the molecule is CC(NC(=O)CCCCCl)c1cccc([N+](=O)[O-])c1. The van der Waals surface area contributed by atoms with Gasteiger partial charge in [0.1, 0.15) is 0 Å². The first kappa shape index (κ1) is 15.4. The van der Waals surface area contributed by atoms with Crippen LogP contribution in [0.1, 0.15) is 37.8 Å². The van der Waals surface area contributed by atoms with Gasteiger partial charge in [0.25, 0.3) is 5.69 Å². The standard InChI is InChI=1S/C13H17ClN2O3/c1-10(15-13(17)7-2-3-8-14)11-5-4-6-12(9-11)16(18)19/h4-6,9-10H,2-3,7-8H2,1H3,(H,15,17). The van der Waals surface area contributed by atoms with Gasteiger partial charge in [0, 0.05) is 24.4 Å². The van der Waals surface area contributed by atoms with Gasteiger partial charge < -0.3 is 5.32 Å². The summed E-state index contributed by atoms with van der Waals surface area (Å²) in [5, 5.41) is 13.5. The van der Waals surface area contributed by atoms with Crippen molar-refractivity contribution >= 4 is 23.2 Å². The summed E-state index contributed by atoms with van der Waals surface area (Å²) in [6, 6.07) is 6.03. The molecule has 0 heterocycles. The second-order valence-corrected chi connectivity index (χ2v) is 4.67. The Bertz CT molecular complexity index is 451. The Balaban J connectivity index is 2.57. The highest BCUT2D eigenvalue weighted by Gasteiger charge is 2.12. The topological polar surface area (TPSA) is 72.2 Å². The lowest BCUT2D eigenvalue weighted by atomic mass is 10.1. The molecule has 0 fully saturated rings. The minimum absolute atomic E-state index is 0.0285. The summed E-state index contributed by atoms with van der Waals surface area (Å²) in [5.74, 6) is 0.484. The predicted molar refractivity (Wildman–Crippen MR) is 74.2 cm³/mol. The first-order valence-electron chi connectivity index (χ1n) is 6.14. The first-order chi connectivity index (χ1) is 9.04. The molecule has 0 aromatic heterocycles. The fourth-order valence-corrected chi connectivity index (χ4v) is 1.87. The Hall–Kier alpha value is -1.62. The summed E-state index contributed by atoms with van der Waals surface area (Å²) >= 11 is 5.54. The van der Waals surface area contributed by atoms with E-state index >= 15 is 0 Å². The highest BCUT2D eigenvalue weighted by molar-refractivity contribution is 6.17. The van der Waals surface area contributed by atoms with E-state index in [4.69, 9.17) is 11.6 Å². The Morgan fingerprint density at radius 2 is 2.21 bits per heavy atom. The van der Waals surface area contributed by atoms with Crippen LogP contribution in [0.5, 0.6) is 0 Å². The molecule has 5 nitrogen and oxygen atoms in total. The van der Waals surface area contributed by atoms with Crippen molar-refractivity contribution in [2.45, 2.75) is 32.2 Å². The number of benzene rings is 1. The van der Waals surface area contributed by atoms with Crippen LogP contribution in [0.3, 0.4) is 0 Å². The molecule has 0 bridgehead atoms. The monoisotopic (exact) mass is 284 g/mol. The minimum atomic E-state index is -0.446. The molecule has 1 N–H and O–H groups in total. The molecule has 1 amide bonds. The normalized spacial score (nSPS) is 11.9. The van der Waals surface area contributed by atoms with Crippen LogP contribution >= 0.6 is 11.6 Å². The lowest BCUT2D eigenvalue weighted by molar-refractivity contribution is -0.384. The fourth-order valence-electron chi connectivity index (χ4n) is 1.68. The van der Waals surface area contributed by atoms with Crippen LogP contribution in [0.25, 0.3) is 0 Å². The summed E-state index contributed by atoms with van der Waals surface area (Å²) in [6.45, 7) is 1.80. The van der Waals surface area contributed by atoms with Crippen molar-refractivity contribution in [3.63, 3.8) is 0 Å². The minimum Gasteiger partial charge on any atom is -0.350 e. The van der Waals surface area contributed by atoms with Crippen LogP contribution in [0, 0.1) is 10.1 Å². The van der Waals surface area contributed by atoms with Crippen molar-refractivity contribution in [2.24, 2.45) is 0 Å². The molecule has 0 aliphatic carbocycles. The summed E-state index contributed by atoms with van der Waals surface area (Å²) in [5.41, 5.74) is 0.751. The van der Waals surface area contributed by atoms with E-state index in [2.05, 4.69) is 5.32 Å². The molecule has 1 aromatic carbocycles. The van der Waals surface area contributed by atoms with E-state index in [9.17, 15) is 14.9 Å². The Morgan fingerprint density at radius 3 is 2.84 bits per heavy atom. The van der Waals surface area contributed by atoms with Crippen molar-refractivity contribution in [3.05, 3.63) is 39.9 Å².